The van der Waals surface area contributed by atoms with E-state index in [1.54, 1.807) is 7.11 Å². The molecule has 21 heavy (non-hydrogen) atoms. The molecule has 0 aliphatic heterocycles. The van der Waals surface area contributed by atoms with Gasteiger partial charge in [0, 0.05) is 32.0 Å². The maximum atomic E-state index is 5.03. The van der Waals surface area contributed by atoms with Crippen LogP contribution in [0.1, 0.15) is 17.8 Å². The number of benzene rings is 1. The second-order valence-electron chi connectivity index (χ2n) is 4.95. The first-order valence-electron chi connectivity index (χ1n) is 7.09. The highest BCUT2D eigenvalue weighted by atomic mass is 16.5. The van der Waals surface area contributed by atoms with Gasteiger partial charge >= 0.3 is 0 Å². The predicted octanol–water partition coefficient (Wildman–Crippen LogP) is 3.29. The maximum absolute atomic E-state index is 5.03. The zero-order valence-electron chi connectivity index (χ0n) is 12.8. The van der Waals surface area contributed by atoms with E-state index in [0.29, 0.717) is 0 Å². The second-order valence-corrected chi connectivity index (χ2v) is 4.95. The van der Waals surface area contributed by atoms with Crippen LogP contribution in [-0.4, -0.2) is 30.2 Å². The summed E-state index contributed by atoms with van der Waals surface area (Å²) < 4.78 is 5.03. The van der Waals surface area contributed by atoms with Crippen LogP contribution in [0.15, 0.2) is 30.3 Å². The maximum Gasteiger partial charge on any atom is 0.136 e. The standard InChI is InChI=1S/C16H22N4O/c1-12-5-7-14(8-6-12)20-16-11-15(18-13(2)19-16)17-9-4-10-21-3/h5-8,11H,4,9-10H2,1-3H3,(H2,17,18,19,20). The SMILES string of the molecule is COCCCNc1cc(Nc2ccc(C)cc2)nc(C)n1. The molecule has 1 aromatic heterocycles. The second kappa shape index (κ2) is 7.59. The van der Waals surface area contributed by atoms with E-state index >= 15 is 0 Å². The number of rotatable bonds is 7. The van der Waals surface area contributed by atoms with Gasteiger partial charge in [0.05, 0.1) is 0 Å². The van der Waals surface area contributed by atoms with Crippen molar-refractivity contribution >= 4 is 17.3 Å². The molecule has 2 N–H and O–H groups in total. The quantitative estimate of drug-likeness (QED) is 0.765. The Morgan fingerprint density at radius 1 is 1.05 bits per heavy atom. The normalized spacial score (nSPS) is 10.4. The first-order chi connectivity index (χ1) is 10.2. The van der Waals surface area contributed by atoms with Gasteiger partial charge in [0.1, 0.15) is 17.5 Å². The molecule has 0 saturated carbocycles. The molecule has 0 unspecified atom stereocenters. The van der Waals surface area contributed by atoms with Crippen LogP contribution in [0.25, 0.3) is 0 Å². The number of hydrogen-bond donors (Lipinski definition) is 2. The monoisotopic (exact) mass is 286 g/mol. The predicted molar refractivity (Wildman–Crippen MR) is 86.2 cm³/mol. The molecule has 2 rings (SSSR count). The van der Waals surface area contributed by atoms with Gasteiger partial charge < -0.3 is 15.4 Å². The molecule has 1 aromatic carbocycles. The Balaban J connectivity index is 2.02. The Kier molecular flexibility index (Phi) is 5.51. The lowest BCUT2D eigenvalue weighted by molar-refractivity contribution is 0.198. The summed E-state index contributed by atoms with van der Waals surface area (Å²) >= 11 is 0. The van der Waals surface area contributed by atoms with Crippen LogP contribution in [0.2, 0.25) is 0 Å². The molecule has 0 spiro atoms. The molecular formula is C16H22N4O. The Labute approximate surface area is 125 Å². The lowest BCUT2D eigenvalue weighted by Gasteiger charge is -2.10. The molecule has 0 aliphatic carbocycles. The van der Waals surface area contributed by atoms with E-state index in [2.05, 4.69) is 39.7 Å². The fourth-order valence-corrected chi connectivity index (χ4v) is 1.94. The summed E-state index contributed by atoms with van der Waals surface area (Å²) in [7, 11) is 1.71. The largest absolute Gasteiger partial charge is 0.385 e. The molecule has 0 radical (unpaired) electrons. The third-order valence-corrected chi connectivity index (χ3v) is 2.99. The van der Waals surface area contributed by atoms with E-state index in [9.17, 15) is 0 Å². The van der Waals surface area contributed by atoms with Crippen molar-refractivity contribution in [1.29, 1.82) is 0 Å². The molecule has 5 nitrogen and oxygen atoms in total. The minimum atomic E-state index is 0.737. The van der Waals surface area contributed by atoms with E-state index in [4.69, 9.17) is 4.74 Å². The molecular weight excluding hydrogens is 264 g/mol. The summed E-state index contributed by atoms with van der Waals surface area (Å²) in [6.07, 6.45) is 0.945. The van der Waals surface area contributed by atoms with Crippen LogP contribution >= 0.6 is 0 Å². The number of aryl methyl sites for hydroxylation is 2. The van der Waals surface area contributed by atoms with Crippen molar-refractivity contribution < 1.29 is 4.74 Å². The minimum absolute atomic E-state index is 0.737. The van der Waals surface area contributed by atoms with Crippen molar-refractivity contribution in [2.24, 2.45) is 0 Å². The molecule has 0 atom stereocenters. The topological polar surface area (TPSA) is 59.1 Å². The van der Waals surface area contributed by atoms with Gasteiger partial charge in [-0.3, -0.25) is 0 Å². The van der Waals surface area contributed by atoms with E-state index in [-0.39, 0.29) is 0 Å². The highest BCUT2D eigenvalue weighted by Crippen LogP contribution is 2.17. The molecule has 0 fully saturated rings. The highest BCUT2D eigenvalue weighted by molar-refractivity contribution is 5.59. The van der Waals surface area contributed by atoms with Gasteiger partial charge in [-0.05, 0) is 32.4 Å². The van der Waals surface area contributed by atoms with Crippen LogP contribution in [0, 0.1) is 13.8 Å². The fraction of sp³-hybridized carbons (Fsp3) is 0.375. The summed E-state index contributed by atoms with van der Waals surface area (Å²) in [6, 6.07) is 10.1. The van der Waals surface area contributed by atoms with Crippen LogP contribution in [0.3, 0.4) is 0 Å². The molecule has 0 bridgehead atoms. The third-order valence-electron chi connectivity index (χ3n) is 2.99. The fourth-order valence-electron chi connectivity index (χ4n) is 1.94. The van der Waals surface area contributed by atoms with Crippen molar-refractivity contribution in [2.45, 2.75) is 20.3 Å². The Morgan fingerprint density at radius 2 is 1.76 bits per heavy atom. The van der Waals surface area contributed by atoms with Gasteiger partial charge in [0.2, 0.25) is 0 Å². The number of anilines is 3. The van der Waals surface area contributed by atoms with Crippen LogP contribution in [0.4, 0.5) is 17.3 Å². The average Bonchev–Trinajstić information content (AvgIpc) is 2.46. The van der Waals surface area contributed by atoms with Gasteiger partial charge in [0.15, 0.2) is 0 Å². The zero-order valence-corrected chi connectivity index (χ0v) is 12.8. The molecule has 2 aromatic rings. The number of ether oxygens (including phenoxy) is 1. The molecule has 0 amide bonds. The number of nitrogens with one attached hydrogen (secondary N) is 2. The lowest BCUT2D eigenvalue weighted by atomic mass is 10.2. The van der Waals surface area contributed by atoms with Crippen molar-refractivity contribution in [1.82, 2.24) is 9.97 Å². The number of nitrogens with zero attached hydrogens (tertiary/aromatic N) is 2. The van der Waals surface area contributed by atoms with Crippen LogP contribution in [-0.2, 0) is 4.74 Å². The van der Waals surface area contributed by atoms with Crippen molar-refractivity contribution in [3.05, 3.63) is 41.7 Å². The van der Waals surface area contributed by atoms with E-state index in [0.717, 1.165) is 42.7 Å². The summed E-state index contributed by atoms with van der Waals surface area (Å²) in [5.74, 6) is 2.36. The van der Waals surface area contributed by atoms with Crippen molar-refractivity contribution in [3.63, 3.8) is 0 Å². The number of methoxy groups -OCH3 is 1. The minimum Gasteiger partial charge on any atom is -0.385 e. The summed E-state index contributed by atoms with van der Waals surface area (Å²) in [6.45, 7) is 5.53. The first kappa shape index (κ1) is 15.3. The first-order valence-corrected chi connectivity index (χ1v) is 7.09. The smallest absolute Gasteiger partial charge is 0.136 e. The molecule has 5 heteroatoms. The molecule has 1 heterocycles. The van der Waals surface area contributed by atoms with E-state index in [1.165, 1.54) is 5.56 Å². The lowest BCUT2D eigenvalue weighted by Crippen LogP contribution is -2.08. The van der Waals surface area contributed by atoms with Gasteiger partial charge in [0.25, 0.3) is 0 Å². The van der Waals surface area contributed by atoms with Crippen LogP contribution < -0.4 is 10.6 Å². The summed E-state index contributed by atoms with van der Waals surface area (Å²) in [4.78, 5) is 8.79. The van der Waals surface area contributed by atoms with Crippen LogP contribution in [0.5, 0.6) is 0 Å². The zero-order chi connectivity index (χ0) is 15.1. The Bertz CT molecular complexity index is 569. The van der Waals surface area contributed by atoms with Gasteiger partial charge in [-0.15, -0.1) is 0 Å². The molecule has 112 valence electrons. The third kappa shape index (κ3) is 5.04. The number of aromatic nitrogens is 2. The van der Waals surface area contributed by atoms with E-state index in [1.807, 2.05) is 25.1 Å². The number of hydrogen-bond acceptors (Lipinski definition) is 5. The van der Waals surface area contributed by atoms with Gasteiger partial charge in [-0.25, -0.2) is 9.97 Å². The van der Waals surface area contributed by atoms with E-state index < -0.39 is 0 Å². The summed E-state index contributed by atoms with van der Waals surface area (Å²) in [5.41, 5.74) is 2.25. The van der Waals surface area contributed by atoms with Gasteiger partial charge in [-0.1, -0.05) is 17.7 Å². The average molecular weight is 286 g/mol. The Hall–Kier alpha value is -2.14. The van der Waals surface area contributed by atoms with Gasteiger partial charge in [-0.2, -0.15) is 0 Å². The Morgan fingerprint density at radius 3 is 2.48 bits per heavy atom. The van der Waals surface area contributed by atoms with Crippen molar-refractivity contribution in [3.8, 4) is 0 Å². The molecule has 0 saturated heterocycles. The molecule has 0 aliphatic rings. The summed E-state index contributed by atoms with van der Waals surface area (Å²) in [5, 5.41) is 6.58. The van der Waals surface area contributed by atoms with Crippen molar-refractivity contribution in [2.75, 3.05) is 30.9 Å². The highest BCUT2D eigenvalue weighted by Gasteiger charge is 2.02.